The fourth-order valence-electron chi connectivity index (χ4n) is 3.22. The van der Waals surface area contributed by atoms with Gasteiger partial charge in [0.15, 0.2) is 0 Å². The molecule has 2 aliphatic rings. The Kier molecular flexibility index (Phi) is 4.13. The lowest BCUT2D eigenvalue weighted by Crippen LogP contribution is -2.46. The number of aliphatic hydroxyl groups excluding tert-OH is 1. The SMILES string of the molecule is COc1ccc2c(c1)C(O)C(N1CCCCCC1)CO2. The van der Waals surface area contributed by atoms with Crippen LogP contribution in [0.15, 0.2) is 18.2 Å². The van der Waals surface area contributed by atoms with Gasteiger partial charge in [-0.05, 0) is 44.1 Å². The second-order valence-electron chi connectivity index (χ2n) is 5.68. The van der Waals surface area contributed by atoms with E-state index in [1.165, 1.54) is 25.7 Å². The Morgan fingerprint density at radius 1 is 1.20 bits per heavy atom. The summed E-state index contributed by atoms with van der Waals surface area (Å²) in [6, 6.07) is 5.71. The maximum absolute atomic E-state index is 10.7. The summed E-state index contributed by atoms with van der Waals surface area (Å²) in [5.41, 5.74) is 0.852. The van der Waals surface area contributed by atoms with Gasteiger partial charge in [-0.15, -0.1) is 0 Å². The second kappa shape index (κ2) is 6.02. The van der Waals surface area contributed by atoms with Gasteiger partial charge in [-0.25, -0.2) is 0 Å². The molecule has 0 saturated carbocycles. The molecule has 2 atom stereocenters. The molecule has 0 amide bonds. The molecular formula is C16H23NO3. The average Bonchev–Trinajstić information content (AvgIpc) is 2.76. The van der Waals surface area contributed by atoms with Crippen LogP contribution in [0.1, 0.15) is 37.4 Å². The van der Waals surface area contributed by atoms with Crippen molar-refractivity contribution in [2.75, 3.05) is 26.8 Å². The average molecular weight is 277 g/mol. The first-order chi connectivity index (χ1) is 9.79. The number of hydrogen-bond acceptors (Lipinski definition) is 4. The number of hydrogen-bond donors (Lipinski definition) is 1. The monoisotopic (exact) mass is 277 g/mol. The van der Waals surface area contributed by atoms with Gasteiger partial charge < -0.3 is 14.6 Å². The van der Waals surface area contributed by atoms with Crippen molar-refractivity contribution in [3.8, 4) is 11.5 Å². The Balaban J connectivity index is 1.81. The highest BCUT2D eigenvalue weighted by molar-refractivity contribution is 5.43. The summed E-state index contributed by atoms with van der Waals surface area (Å²) in [5, 5.41) is 10.7. The van der Waals surface area contributed by atoms with Gasteiger partial charge in [0.1, 0.15) is 24.2 Å². The molecule has 1 fully saturated rings. The van der Waals surface area contributed by atoms with E-state index in [2.05, 4.69) is 4.90 Å². The van der Waals surface area contributed by atoms with Crippen molar-refractivity contribution in [1.82, 2.24) is 4.90 Å². The van der Waals surface area contributed by atoms with Crippen molar-refractivity contribution in [2.24, 2.45) is 0 Å². The highest BCUT2D eigenvalue weighted by Crippen LogP contribution is 2.37. The quantitative estimate of drug-likeness (QED) is 0.901. The van der Waals surface area contributed by atoms with Crippen LogP contribution < -0.4 is 9.47 Å². The number of rotatable bonds is 2. The Bertz CT molecular complexity index is 455. The number of likely N-dealkylation sites (tertiary alicyclic amines) is 1. The fraction of sp³-hybridized carbons (Fsp3) is 0.625. The molecule has 0 bridgehead atoms. The van der Waals surface area contributed by atoms with Crippen molar-refractivity contribution in [3.63, 3.8) is 0 Å². The van der Waals surface area contributed by atoms with Crippen LogP contribution in [0.4, 0.5) is 0 Å². The topological polar surface area (TPSA) is 41.9 Å². The standard InChI is InChI=1S/C16H23NO3/c1-19-12-6-7-15-13(10-12)16(18)14(11-20-15)17-8-4-2-3-5-9-17/h6-7,10,14,16,18H,2-5,8-9,11H2,1H3. The molecule has 4 heteroatoms. The van der Waals surface area contributed by atoms with E-state index in [9.17, 15) is 5.11 Å². The Morgan fingerprint density at radius 3 is 2.65 bits per heavy atom. The number of methoxy groups -OCH3 is 1. The van der Waals surface area contributed by atoms with E-state index in [4.69, 9.17) is 9.47 Å². The third-order valence-corrected chi connectivity index (χ3v) is 4.42. The smallest absolute Gasteiger partial charge is 0.125 e. The lowest BCUT2D eigenvalue weighted by molar-refractivity contribution is 0.00468. The second-order valence-corrected chi connectivity index (χ2v) is 5.68. The Labute approximate surface area is 120 Å². The summed E-state index contributed by atoms with van der Waals surface area (Å²) in [6.45, 7) is 2.69. The highest BCUT2D eigenvalue weighted by atomic mass is 16.5. The molecule has 1 N–H and O–H groups in total. The minimum atomic E-state index is -0.494. The summed E-state index contributed by atoms with van der Waals surface area (Å²) in [7, 11) is 1.64. The molecule has 1 saturated heterocycles. The minimum absolute atomic E-state index is 0.0627. The van der Waals surface area contributed by atoms with Crippen molar-refractivity contribution in [1.29, 1.82) is 0 Å². The number of aliphatic hydroxyl groups is 1. The molecule has 3 rings (SSSR count). The summed E-state index contributed by atoms with van der Waals surface area (Å²) in [4.78, 5) is 2.39. The molecule has 0 aliphatic carbocycles. The lowest BCUT2D eigenvalue weighted by Gasteiger charge is -2.38. The molecule has 20 heavy (non-hydrogen) atoms. The summed E-state index contributed by atoms with van der Waals surface area (Å²) < 4.78 is 11.1. The molecule has 1 aromatic carbocycles. The van der Waals surface area contributed by atoms with E-state index in [0.717, 1.165) is 30.2 Å². The Morgan fingerprint density at radius 2 is 1.95 bits per heavy atom. The van der Waals surface area contributed by atoms with E-state index in [1.807, 2.05) is 18.2 Å². The van der Waals surface area contributed by atoms with Crippen molar-refractivity contribution in [2.45, 2.75) is 37.8 Å². The number of nitrogens with zero attached hydrogens (tertiary/aromatic N) is 1. The number of benzene rings is 1. The van der Waals surface area contributed by atoms with Crippen LogP contribution in [0, 0.1) is 0 Å². The third-order valence-electron chi connectivity index (χ3n) is 4.42. The zero-order valence-electron chi connectivity index (χ0n) is 12.0. The van der Waals surface area contributed by atoms with Crippen LogP contribution in [0.2, 0.25) is 0 Å². The van der Waals surface area contributed by atoms with Crippen molar-refractivity contribution >= 4 is 0 Å². The van der Waals surface area contributed by atoms with Crippen LogP contribution in [-0.4, -0.2) is 42.9 Å². The van der Waals surface area contributed by atoms with Crippen LogP contribution in [0.25, 0.3) is 0 Å². The van der Waals surface area contributed by atoms with Gasteiger partial charge in [0.2, 0.25) is 0 Å². The van der Waals surface area contributed by atoms with Crippen molar-refractivity contribution < 1.29 is 14.6 Å². The summed E-state index contributed by atoms with van der Waals surface area (Å²) in [6.07, 6.45) is 4.53. The molecule has 2 unspecified atom stereocenters. The van der Waals surface area contributed by atoms with Gasteiger partial charge in [-0.1, -0.05) is 12.8 Å². The largest absolute Gasteiger partial charge is 0.497 e. The molecule has 110 valence electrons. The van der Waals surface area contributed by atoms with E-state index in [1.54, 1.807) is 7.11 Å². The predicted octanol–water partition coefficient (Wildman–Crippen LogP) is 2.37. The number of ether oxygens (including phenoxy) is 2. The van der Waals surface area contributed by atoms with Gasteiger partial charge in [-0.3, -0.25) is 4.90 Å². The third kappa shape index (κ3) is 2.63. The number of fused-ring (bicyclic) bond motifs is 1. The van der Waals surface area contributed by atoms with Crippen LogP contribution >= 0.6 is 0 Å². The minimum Gasteiger partial charge on any atom is -0.497 e. The van der Waals surface area contributed by atoms with Crippen LogP contribution in [0.3, 0.4) is 0 Å². The predicted molar refractivity (Wildman–Crippen MR) is 77.3 cm³/mol. The zero-order valence-corrected chi connectivity index (χ0v) is 12.0. The van der Waals surface area contributed by atoms with Gasteiger partial charge in [0.25, 0.3) is 0 Å². The first kappa shape index (κ1) is 13.7. The molecule has 4 nitrogen and oxygen atoms in total. The van der Waals surface area contributed by atoms with Crippen molar-refractivity contribution in [3.05, 3.63) is 23.8 Å². The van der Waals surface area contributed by atoms with E-state index in [-0.39, 0.29) is 6.04 Å². The molecular weight excluding hydrogens is 254 g/mol. The molecule has 0 aromatic heterocycles. The summed E-state index contributed by atoms with van der Waals surface area (Å²) in [5.74, 6) is 1.55. The van der Waals surface area contributed by atoms with Gasteiger partial charge >= 0.3 is 0 Å². The van der Waals surface area contributed by atoms with Gasteiger partial charge in [0.05, 0.1) is 13.2 Å². The maximum atomic E-state index is 10.7. The van der Waals surface area contributed by atoms with Gasteiger partial charge in [0, 0.05) is 5.56 Å². The van der Waals surface area contributed by atoms with Crippen LogP contribution in [-0.2, 0) is 0 Å². The zero-order chi connectivity index (χ0) is 13.9. The molecule has 1 aromatic rings. The Hall–Kier alpha value is -1.26. The lowest BCUT2D eigenvalue weighted by atomic mass is 9.97. The summed E-state index contributed by atoms with van der Waals surface area (Å²) >= 11 is 0. The normalized spacial score (nSPS) is 27.3. The first-order valence-corrected chi connectivity index (χ1v) is 7.52. The molecule has 2 aliphatic heterocycles. The molecule has 2 heterocycles. The fourth-order valence-corrected chi connectivity index (χ4v) is 3.22. The first-order valence-electron chi connectivity index (χ1n) is 7.52. The van der Waals surface area contributed by atoms with E-state index in [0.29, 0.717) is 6.61 Å². The van der Waals surface area contributed by atoms with E-state index >= 15 is 0 Å². The van der Waals surface area contributed by atoms with Gasteiger partial charge in [-0.2, -0.15) is 0 Å². The molecule has 0 radical (unpaired) electrons. The molecule has 0 spiro atoms. The van der Waals surface area contributed by atoms with E-state index < -0.39 is 6.10 Å². The highest BCUT2D eigenvalue weighted by Gasteiger charge is 2.34. The maximum Gasteiger partial charge on any atom is 0.125 e. The van der Waals surface area contributed by atoms with Crippen LogP contribution in [0.5, 0.6) is 11.5 Å².